The molecule has 0 saturated carbocycles. The molecule has 0 spiro atoms. The summed E-state index contributed by atoms with van der Waals surface area (Å²) in [6.07, 6.45) is 6.06. The van der Waals surface area contributed by atoms with Crippen molar-refractivity contribution in [3.05, 3.63) is 65.6 Å². The number of imidazole rings is 1. The van der Waals surface area contributed by atoms with Gasteiger partial charge in [-0.25, -0.2) is 4.98 Å². The van der Waals surface area contributed by atoms with Crippen LogP contribution in [-0.4, -0.2) is 71.0 Å². The van der Waals surface area contributed by atoms with Crippen LogP contribution >= 0.6 is 0 Å². The molecule has 174 valence electrons. The largest absolute Gasteiger partial charge is 0.486 e. The van der Waals surface area contributed by atoms with Gasteiger partial charge in [0, 0.05) is 45.1 Å². The number of morpholine rings is 1. The van der Waals surface area contributed by atoms with Crippen molar-refractivity contribution in [1.29, 1.82) is 0 Å². The van der Waals surface area contributed by atoms with Gasteiger partial charge in [0.1, 0.15) is 18.0 Å². The molecule has 0 radical (unpaired) electrons. The van der Waals surface area contributed by atoms with Crippen molar-refractivity contribution in [3.8, 4) is 5.75 Å². The third kappa shape index (κ3) is 5.04. The zero-order valence-corrected chi connectivity index (χ0v) is 19.3. The van der Waals surface area contributed by atoms with Crippen LogP contribution in [0.2, 0.25) is 0 Å². The van der Waals surface area contributed by atoms with Crippen molar-refractivity contribution in [3.63, 3.8) is 0 Å². The van der Waals surface area contributed by atoms with Gasteiger partial charge in [-0.15, -0.1) is 0 Å². The Morgan fingerprint density at radius 1 is 1.09 bits per heavy atom. The summed E-state index contributed by atoms with van der Waals surface area (Å²) >= 11 is 0. The average molecular weight is 449 g/mol. The molecule has 2 aliphatic heterocycles. The van der Waals surface area contributed by atoms with Crippen molar-refractivity contribution in [2.24, 2.45) is 5.92 Å². The van der Waals surface area contributed by atoms with Crippen LogP contribution in [0.4, 0.5) is 0 Å². The number of ether oxygens (including phenoxy) is 2. The number of pyridine rings is 1. The number of fused-ring (bicyclic) bond motifs is 1. The molecule has 0 aliphatic carbocycles. The van der Waals surface area contributed by atoms with E-state index in [0.717, 1.165) is 75.7 Å². The fourth-order valence-corrected chi connectivity index (χ4v) is 4.83. The number of aromatic nitrogens is 2. The first-order valence-corrected chi connectivity index (χ1v) is 11.9. The number of aryl methyl sites for hydroxylation is 1. The Morgan fingerprint density at radius 2 is 1.88 bits per heavy atom. The van der Waals surface area contributed by atoms with Crippen LogP contribution in [0.3, 0.4) is 0 Å². The Kier molecular flexibility index (Phi) is 6.60. The van der Waals surface area contributed by atoms with Crippen molar-refractivity contribution < 1.29 is 14.3 Å². The molecule has 0 N–H and O–H groups in total. The van der Waals surface area contributed by atoms with E-state index >= 15 is 0 Å². The standard InChI is InChI=1S/C26H32N4O3/c1-20-5-4-10-30-18-22(27-25(20)30)19-33-24-7-3-2-6-23(24)26(31)29-11-8-21(9-12-29)17-28-13-15-32-16-14-28/h2-7,10,18,21H,8-9,11-17,19H2,1H3. The summed E-state index contributed by atoms with van der Waals surface area (Å²) in [6, 6.07) is 11.6. The van der Waals surface area contributed by atoms with Gasteiger partial charge >= 0.3 is 0 Å². The zero-order chi connectivity index (χ0) is 22.6. The van der Waals surface area contributed by atoms with Gasteiger partial charge < -0.3 is 18.8 Å². The summed E-state index contributed by atoms with van der Waals surface area (Å²) in [4.78, 5) is 22.5. The Morgan fingerprint density at radius 3 is 2.67 bits per heavy atom. The lowest BCUT2D eigenvalue weighted by molar-refractivity contribution is 0.0242. The molecule has 33 heavy (non-hydrogen) atoms. The number of amides is 1. The Bertz CT molecular complexity index is 1100. The molecule has 1 amide bonds. The number of carbonyl (C=O) groups excluding carboxylic acids is 1. The lowest BCUT2D eigenvalue weighted by Gasteiger charge is -2.36. The van der Waals surface area contributed by atoms with Crippen LogP contribution in [0.25, 0.3) is 5.65 Å². The quantitative estimate of drug-likeness (QED) is 0.579. The summed E-state index contributed by atoms with van der Waals surface area (Å²) < 4.78 is 13.5. The molecule has 7 heteroatoms. The minimum Gasteiger partial charge on any atom is -0.486 e. The second kappa shape index (κ2) is 9.93. The third-order valence-corrected chi connectivity index (χ3v) is 6.74. The molecule has 5 rings (SSSR count). The maximum Gasteiger partial charge on any atom is 0.257 e. The highest BCUT2D eigenvalue weighted by atomic mass is 16.5. The van der Waals surface area contributed by atoms with Gasteiger partial charge in [0.05, 0.1) is 24.5 Å². The summed E-state index contributed by atoms with van der Waals surface area (Å²) in [6.45, 7) is 8.81. The van der Waals surface area contributed by atoms with Gasteiger partial charge in [0.2, 0.25) is 0 Å². The van der Waals surface area contributed by atoms with Gasteiger partial charge in [-0.05, 0) is 49.4 Å². The van der Waals surface area contributed by atoms with Gasteiger partial charge in [-0.2, -0.15) is 0 Å². The number of nitrogens with zero attached hydrogens (tertiary/aromatic N) is 4. The van der Waals surface area contributed by atoms with Crippen molar-refractivity contribution in [1.82, 2.24) is 19.2 Å². The normalized spacial score (nSPS) is 18.0. The maximum atomic E-state index is 13.3. The van der Waals surface area contributed by atoms with Crippen LogP contribution in [0, 0.1) is 12.8 Å². The molecular formula is C26H32N4O3. The number of hydrogen-bond acceptors (Lipinski definition) is 5. The first-order chi connectivity index (χ1) is 16.2. The van der Waals surface area contributed by atoms with Crippen molar-refractivity contribution in [2.45, 2.75) is 26.4 Å². The van der Waals surface area contributed by atoms with Crippen LogP contribution in [0.1, 0.15) is 34.5 Å². The SMILES string of the molecule is Cc1cccn2cc(COc3ccccc3C(=O)N3CCC(CN4CCOCC4)CC3)nc12. The molecule has 3 aromatic rings. The summed E-state index contributed by atoms with van der Waals surface area (Å²) in [5.74, 6) is 1.32. The lowest BCUT2D eigenvalue weighted by atomic mass is 9.95. The first kappa shape index (κ1) is 21.9. The van der Waals surface area contributed by atoms with Gasteiger partial charge in [-0.3, -0.25) is 9.69 Å². The highest BCUT2D eigenvalue weighted by Crippen LogP contribution is 2.25. The molecule has 1 aromatic carbocycles. The molecule has 4 heterocycles. The first-order valence-electron chi connectivity index (χ1n) is 11.9. The number of rotatable bonds is 6. The Balaban J connectivity index is 1.20. The van der Waals surface area contributed by atoms with E-state index in [2.05, 4.69) is 9.88 Å². The number of benzene rings is 1. The lowest BCUT2D eigenvalue weighted by Crippen LogP contribution is -2.44. The molecule has 2 fully saturated rings. The number of likely N-dealkylation sites (tertiary alicyclic amines) is 1. The fourth-order valence-electron chi connectivity index (χ4n) is 4.83. The van der Waals surface area contributed by atoms with E-state index in [0.29, 0.717) is 23.8 Å². The van der Waals surface area contributed by atoms with Gasteiger partial charge in [0.15, 0.2) is 0 Å². The summed E-state index contributed by atoms with van der Waals surface area (Å²) in [5.41, 5.74) is 3.52. The summed E-state index contributed by atoms with van der Waals surface area (Å²) in [7, 11) is 0. The molecule has 2 aliphatic rings. The van der Waals surface area contributed by atoms with Crippen molar-refractivity contribution >= 4 is 11.6 Å². The second-order valence-corrected chi connectivity index (χ2v) is 9.09. The highest BCUT2D eigenvalue weighted by molar-refractivity contribution is 5.97. The van der Waals surface area contributed by atoms with Crippen LogP contribution < -0.4 is 4.74 Å². The monoisotopic (exact) mass is 448 g/mol. The predicted molar refractivity (Wildman–Crippen MR) is 127 cm³/mol. The van der Waals surface area contributed by atoms with Crippen LogP contribution in [0.5, 0.6) is 5.75 Å². The van der Waals surface area contributed by atoms with Gasteiger partial charge in [0.25, 0.3) is 5.91 Å². The minimum atomic E-state index is 0.0567. The number of carbonyl (C=O) groups is 1. The Labute approximate surface area is 194 Å². The van der Waals surface area contributed by atoms with E-state index in [1.54, 1.807) is 0 Å². The van der Waals surface area contributed by atoms with E-state index in [1.165, 1.54) is 0 Å². The fraction of sp³-hybridized carbons (Fsp3) is 0.462. The number of para-hydroxylation sites is 1. The Hall–Kier alpha value is -2.90. The van der Waals surface area contributed by atoms with Crippen molar-refractivity contribution in [2.75, 3.05) is 45.9 Å². The molecule has 2 aromatic heterocycles. The van der Waals surface area contributed by atoms with E-state index in [4.69, 9.17) is 9.47 Å². The third-order valence-electron chi connectivity index (χ3n) is 6.74. The maximum absolute atomic E-state index is 13.3. The molecule has 0 bridgehead atoms. The van der Waals surface area contributed by atoms with E-state index in [1.807, 2.05) is 65.0 Å². The average Bonchev–Trinajstić information content (AvgIpc) is 3.28. The zero-order valence-electron chi connectivity index (χ0n) is 19.3. The summed E-state index contributed by atoms with van der Waals surface area (Å²) in [5, 5.41) is 0. The highest BCUT2D eigenvalue weighted by Gasteiger charge is 2.27. The topological polar surface area (TPSA) is 59.3 Å². The van der Waals surface area contributed by atoms with Crippen LogP contribution in [-0.2, 0) is 11.3 Å². The molecular weight excluding hydrogens is 416 g/mol. The second-order valence-electron chi connectivity index (χ2n) is 9.09. The predicted octanol–water partition coefficient (Wildman–Crippen LogP) is 3.41. The molecule has 0 unspecified atom stereocenters. The van der Waals surface area contributed by atoms with Crippen LogP contribution in [0.15, 0.2) is 48.8 Å². The van der Waals surface area contributed by atoms with Gasteiger partial charge in [-0.1, -0.05) is 18.2 Å². The smallest absolute Gasteiger partial charge is 0.257 e. The number of hydrogen-bond donors (Lipinski definition) is 0. The number of piperidine rings is 1. The van der Waals surface area contributed by atoms with E-state index in [9.17, 15) is 4.79 Å². The van der Waals surface area contributed by atoms with E-state index < -0.39 is 0 Å². The van der Waals surface area contributed by atoms with E-state index in [-0.39, 0.29) is 5.91 Å². The molecule has 0 atom stereocenters. The molecule has 7 nitrogen and oxygen atoms in total. The molecule has 2 saturated heterocycles. The minimum absolute atomic E-state index is 0.0567.